The molecule has 1 N–H and O–H groups in total. The van der Waals surface area contributed by atoms with Gasteiger partial charge in [0.05, 0.1) is 12.7 Å². The molecule has 1 heterocycles. The first-order valence-corrected chi connectivity index (χ1v) is 12.4. The summed E-state index contributed by atoms with van der Waals surface area (Å²) in [5.74, 6) is 1.99. The summed E-state index contributed by atoms with van der Waals surface area (Å²) in [5.41, 5.74) is 4.62. The van der Waals surface area contributed by atoms with Crippen molar-refractivity contribution in [3.63, 3.8) is 0 Å². The number of hydrogen-bond donors (Lipinski definition) is 1. The van der Waals surface area contributed by atoms with Gasteiger partial charge < -0.3 is 14.5 Å². The smallest absolute Gasteiger partial charge is 0.310 e. The molecule has 170 valence electrons. The monoisotopic (exact) mass is 435 g/mol. The molecule has 0 aliphatic heterocycles. The van der Waals surface area contributed by atoms with Gasteiger partial charge in [-0.15, -0.1) is 0 Å². The Morgan fingerprint density at radius 1 is 1.09 bits per heavy atom. The van der Waals surface area contributed by atoms with Crippen molar-refractivity contribution in [2.45, 2.75) is 77.2 Å². The molecule has 0 saturated heterocycles. The Morgan fingerprint density at radius 3 is 2.44 bits per heavy atom. The van der Waals surface area contributed by atoms with Crippen molar-refractivity contribution in [3.05, 3.63) is 35.1 Å². The van der Waals surface area contributed by atoms with E-state index in [1.807, 2.05) is 0 Å². The summed E-state index contributed by atoms with van der Waals surface area (Å²) in [4.78, 5) is 25.0. The number of fused-ring (bicyclic) bond motifs is 2. The van der Waals surface area contributed by atoms with E-state index < -0.39 is 0 Å². The van der Waals surface area contributed by atoms with Crippen LogP contribution in [0.15, 0.2) is 22.8 Å². The third-order valence-electron chi connectivity index (χ3n) is 8.95. The highest BCUT2D eigenvalue weighted by Crippen LogP contribution is 2.61. The average molecular weight is 436 g/mol. The second kappa shape index (κ2) is 7.64. The predicted molar refractivity (Wildman–Crippen MR) is 121 cm³/mol. The maximum absolute atomic E-state index is 12.6. The molecule has 2 aromatic rings. The van der Waals surface area contributed by atoms with Crippen molar-refractivity contribution >= 4 is 22.8 Å². The molecule has 5 aliphatic rings. The standard InChI is InChI=1S/C27H33NO4/c1-16(27-11-17-5-18(12-27)7-19(6-17)13-27)28-25(29)15-32-26(30)10-22-14-31-24-9-21-4-2-3-20(21)8-23(22)24/h8-9,14,16-19H,2-7,10-13,15H2,1H3,(H,28,29)/t16-,17?,18?,19?,27?/m1/s1. The largest absolute Gasteiger partial charge is 0.464 e. The molecular formula is C27H33NO4. The molecule has 5 nitrogen and oxygen atoms in total. The zero-order valence-electron chi connectivity index (χ0n) is 19.0. The van der Waals surface area contributed by atoms with Gasteiger partial charge in [0.25, 0.3) is 5.91 Å². The van der Waals surface area contributed by atoms with E-state index in [2.05, 4.69) is 24.4 Å². The fourth-order valence-corrected chi connectivity index (χ4v) is 7.78. The van der Waals surface area contributed by atoms with E-state index in [9.17, 15) is 9.59 Å². The Hall–Kier alpha value is -2.30. The van der Waals surface area contributed by atoms with Crippen molar-refractivity contribution < 1.29 is 18.7 Å². The van der Waals surface area contributed by atoms with Crippen molar-refractivity contribution in [2.24, 2.45) is 23.2 Å². The van der Waals surface area contributed by atoms with E-state index in [0.717, 1.165) is 47.1 Å². The first-order valence-electron chi connectivity index (χ1n) is 12.4. The summed E-state index contributed by atoms with van der Waals surface area (Å²) in [6.45, 7) is 1.95. The minimum atomic E-state index is -0.384. The van der Waals surface area contributed by atoms with Crippen molar-refractivity contribution in [1.29, 1.82) is 0 Å². The molecule has 1 amide bonds. The van der Waals surface area contributed by atoms with Gasteiger partial charge in [0.1, 0.15) is 5.58 Å². The van der Waals surface area contributed by atoms with Crippen LogP contribution in [-0.2, 0) is 33.6 Å². The lowest BCUT2D eigenvalue weighted by molar-refractivity contribution is -0.148. The summed E-state index contributed by atoms with van der Waals surface area (Å²) in [6, 6.07) is 4.40. The van der Waals surface area contributed by atoms with Crippen LogP contribution in [-0.4, -0.2) is 24.5 Å². The Bertz CT molecular complexity index is 1030. The number of carbonyl (C=O) groups is 2. The minimum Gasteiger partial charge on any atom is -0.464 e. The topological polar surface area (TPSA) is 68.5 Å². The number of rotatable bonds is 6. The van der Waals surface area contributed by atoms with Crippen LogP contribution in [0.1, 0.15) is 68.6 Å². The Balaban J connectivity index is 1.04. The van der Waals surface area contributed by atoms with Crippen LogP contribution in [0.3, 0.4) is 0 Å². The van der Waals surface area contributed by atoms with E-state index in [-0.39, 0.29) is 36.4 Å². The maximum atomic E-state index is 12.6. The first-order chi connectivity index (χ1) is 15.5. The van der Waals surface area contributed by atoms with Crippen LogP contribution < -0.4 is 5.32 Å². The molecule has 1 aromatic heterocycles. The molecule has 4 fully saturated rings. The second-order valence-corrected chi connectivity index (χ2v) is 11.1. The van der Waals surface area contributed by atoms with Gasteiger partial charge in [0, 0.05) is 17.0 Å². The Kier molecular flexibility index (Phi) is 4.85. The molecule has 0 spiro atoms. The van der Waals surface area contributed by atoms with Crippen LogP contribution in [0.2, 0.25) is 0 Å². The normalized spacial score (nSPS) is 31.0. The summed E-state index contributed by atoms with van der Waals surface area (Å²) >= 11 is 0. The number of nitrogens with one attached hydrogen (secondary N) is 1. The number of amides is 1. The molecule has 32 heavy (non-hydrogen) atoms. The zero-order valence-corrected chi connectivity index (χ0v) is 19.0. The highest BCUT2D eigenvalue weighted by atomic mass is 16.5. The van der Waals surface area contributed by atoms with Gasteiger partial charge in [0.15, 0.2) is 6.61 Å². The SMILES string of the molecule is C[C@@H](NC(=O)COC(=O)Cc1coc2cc3c(cc12)CCC3)C12CC3CC(CC(C3)C1)C2. The molecule has 4 saturated carbocycles. The Labute approximate surface area is 189 Å². The van der Waals surface area contributed by atoms with E-state index in [1.165, 1.54) is 56.1 Å². The van der Waals surface area contributed by atoms with Crippen molar-refractivity contribution in [1.82, 2.24) is 5.32 Å². The van der Waals surface area contributed by atoms with Gasteiger partial charge in [0.2, 0.25) is 0 Å². The average Bonchev–Trinajstić information content (AvgIpc) is 3.36. The lowest BCUT2D eigenvalue weighted by Gasteiger charge is -2.59. The predicted octanol–water partition coefficient (Wildman–Crippen LogP) is 4.73. The van der Waals surface area contributed by atoms with Gasteiger partial charge >= 0.3 is 5.97 Å². The van der Waals surface area contributed by atoms with Crippen molar-refractivity contribution in [3.8, 4) is 0 Å². The van der Waals surface area contributed by atoms with E-state index in [1.54, 1.807) is 6.26 Å². The molecule has 0 radical (unpaired) electrons. The molecule has 5 heteroatoms. The molecule has 1 aromatic carbocycles. The second-order valence-electron chi connectivity index (χ2n) is 11.1. The number of furan rings is 1. The lowest BCUT2D eigenvalue weighted by Crippen LogP contribution is -2.56. The lowest BCUT2D eigenvalue weighted by atomic mass is 9.48. The van der Waals surface area contributed by atoms with Crippen LogP contribution >= 0.6 is 0 Å². The highest BCUT2D eigenvalue weighted by molar-refractivity contribution is 5.88. The number of ether oxygens (including phenoxy) is 1. The number of carbonyl (C=O) groups excluding carboxylic acids is 2. The quantitative estimate of drug-likeness (QED) is 0.666. The summed E-state index contributed by atoms with van der Waals surface area (Å²) in [6.07, 6.45) is 13.1. The van der Waals surface area contributed by atoms with Gasteiger partial charge in [-0.3, -0.25) is 9.59 Å². The Morgan fingerprint density at radius 2 is 1.75 bits per heavy atom. The number of benzene rings is 1. The molecule has 4 bridgehead atoms. The number of hydrogen-bond acceptors (Lipinski definition) is 4. The van der Waals surface area contributed by atoms with Crippen LogP contribution in [0.25, 0.3) is 11.0 Å². The number of esters is 1. The summed E-state index contributed by atoms with van der Waals surface area (Å²) in [5, 5.41) is 4.16. The molecule has 7 rings (SSSR count). The molecular weight excluding hydrogens is 402 g/mol. The van der Waals surface area contributed by atoms with E-state index >= 15 is 0 Å². The van der Waals surface area contributed by atoms with Crippen LogP contribution in [0.4, 0.5) is 0 Å². The highest BCUT2D eigenvalue weighted by Gasteiger charge is 2.53. The third-order valence-corrected chi connectivity index (χ3v) is 8.95. The van der Waals surface area contributed by atoms with Gasteiger partial charge in [-0.1, -0.05) is 0 Å². The van der Waals surface area contributed by atoms with E-state index in [0.29, 0.717) is 0 Å². The molecule has 5 aliphatic carbocycles. The first kappa shape index (κ1) is 20.3. The minimum absolute atomic E-state index is 0.129. The third kappa shape index (κ3) is 3.54. The van der Waals surface area contributed by atoms with E-state index in [4.69, 9.17) is 9.15 Å². The van der Waals surface area contributed by atoms with Gasteiger partial charge in [-0.05, 0) is 111 Å². The van der Waals surface area contributed by atoms with Gasteiger partial charge in [-0.25, -0.2) is 0 Å². The van der Waals surface area contributed by atoms with Crippen LogP contribution in [0, 0.1) is 23.2 Å². The fraction of sp³-hybridized carbons (Fsp3) is 0.630. The van der Waals surface area contributed by atoms with Crippen molar-refractivity contribution in [2.75, 3.05) is 6.61 Å². The summed E-state index contributed by atoms with van der Waals surface area (Å²) < 4.78 is 11.0. The van der Waals surface area contributed by atoms with Crippen LogP contribution in [0.5, 0.6) is 0 Å². The molecule has 1 atom stereocenters. The summed E-state index contributed by atoms with van der Waals surface area (Å²) in [7, 11) is 0. The van der Waals surface area contributed by atoms with Gasteiger partial charge in [-0.2, -0.15) is 0 Å². The number of aryl methyl sites for hydroxylation is 2. The maximum Gasteiger partial charge on any atom is 0.310 e. The zero-order chi connectivity index (χ0) is 21.9. The molecule has 0 unspecified atom stereocenters. The fourth-order valence-electron chi connectivity index (χ4n) is 7.78.